The van der Waals surface area contributed by atoms with Gasteiger partial charge in [0.15, 0.2) is 0 Å². The molecule has 32 valence electrons. The van der Waals surface area contributed by atoms with Gasteiger partial charge in [-0.15, -0.1) is 0 Å². The standard InChI is InChI=1S/AsH3S4/c2-1(3,4)5/h(H3,2,3,4,5). The summed E-state index contributed by atoms with van der Waals surface area (Å²) in [6, 6.07) is 0. The van der Waals surface area contributed by atoms with Gasteiger partial charge < -0.3 is 0 Å². The Morgan fingerprint density at radius 1 is 1.20 bits per heavy atom. The van der Waals surface area contributed by atoms with Crippen LogP contribution in [0.25, 0.3) is 0 Å². The summed E-state index contributed by atoms with van der Waals surface area (Å²) >= 11 is 0. The fraction of sp³-hybridized carbons (Fsp3) is 0. The Morgan fingerprint density at radius 3 is 1.20 bits per heavy atom. The van der Waals surface area contributed by atoms with Crippen molar-refractivity contribution in [3.8, 4) is 0 Å². The molecule has 0 N–H and O–H groups in total. The minimum atomic E-state index is -2.21. The van der Waals surface area contributed by atoms with Gasteiger partial charge in [0, 0.05) is 0 Å². The van der Waals surface area contributed by atoms with E-state index in [1.54, 1.807) is 0 Å². The molecule has 0 unspecified atom stereocenters. The molecule has 0 aromatic heterocycles. The predicted molar refractivity (Wildman–Crippen MR) is 40.3 cm³/mol. The Kier molecular flexibility index (Phi) is 3.03. The molecule has 0 fully saturated rings. The minimum absolute atomic E-state index is 2.21. The molecule has 0 atom stereocenters. The zero-order valence-electron chi connectivity index (χ0n) is 2.20. The summed E-state index contributed by atoms with van der Waals surface area (Å²) in [5.74, 6) is 0. The van der Waals surface area contributed by atoms with Crippen molar-refractivity contribution in [2.45, 2.75) is 0 Å². The molecule has 0 aromatic carbocycles. The molecular formula is H3AsS4. The van der Waals surface area contributed by atoms with Crippen LogP contribution in [0.5, 0.6) is 0 Å². The van der Waals surface area contributed by atoms with Crippen LogP contribution < -0.4 is 0 Å². The van der Waals surface area contributed by atoms with Crippen molar-refractivity contribution in [3.05, 3.63) is 0 Å². The van der Waals surface area contributed by atoms with E-state index in [2.05, 4.69) is 43.1 Å². The molecule has 0 spiro atoms. The first-order chi connectivity index (χ1) is 2.00. The van der Waals surface area contributed by atoms with Crippen LogP contribution in [0.1, 0.15) is 0 Å². The number of hydrogen-bond acceptors (Lipinski definition) is 1. The van der Waals surface area contributed by atoms with Crippen molar-refractivity contribution < 1.29 is 0 Å². The van der Waals surface area contributed by atoms with Crippen molar-refractivity contribution in [2.75, 3.05) is 0 Å². The monoisotopic (exact) mass is 206 g/mol. The zero-order chi connectivity index (χ0) is 4.50. The Balaban J connectivity index is 3.47. The van der Waals surface area contributed by atoms with Gasteiger partial charge >= 0.3 is 51.5 Å². The molecule has 0 nitrogen and oxygen atoms in total. The van der Waals surface area contributed by atoms with Gasteiger partial charge in [-0.2, -0.15) is 0 Å². The summed E-state index contributed by atoms with van der Waals surface area (Å²) in [6.45, 7) is 0. The molecule has 5 heavy (non-hydrogen) atoms. The first-order valence-corrected chi connectivity index (χ1v) is 12.2. The summed E-state index contributed by atoms with van der Waals surface area (Å²) in [6.07, 6.45) is 0. The van der Waals surface area contributed by atoms with Gasteiger partial charge in [0.2, 0.25) is 0 Å². The third-order valence-corrected chi connectivity index (χ3v) is 0. The number of thiol groups is 3. The van der Waals surface area contributed by atoms with Gasteiger partial charge in [-0.1, -0.05) is 0 Å². The average Bonchev–Trinajstić information content (AvgIpc) is 0.722. The maximum atomic E-state index is 4.59. The fourth-order valence-electron chi connectivity index (χ4n) is 0. The summed E-state index contributed by atoms with van der Waals surface area (Å²) in [7, 11) is 13.9. The number of hydrogen-bond donors (Lipinski definition) is 3. The molecule has 0 aromatic rings. The second kappa shape index (κ2) is 2.22. The van der Waals surface area contributed by atoms with E-state index < -0.39 is 8.41 Å². The molecule has 0 aliphatic heterocycles. The third kappa shape index (κ3) is 25.6. The van der Waals surface area contributed by atoms with E-state index in [0.717, 1.165) is 0 Å². The Labute approximate surface area is 51.1 Å². The average molecular weight is 206 g/mol. The van der Waals surface area contributed by atoms with Crippen molar-refractivity contribution in [3.63, 3.8) is 0 Å². The van der Waals surface area contributed by atoms with Crippen molar-refractivity contribution in [1.29, 1.82) is 0 Å². The maximum absolute atomic E-state index is 4.59. The van der Waals surface area contributed by atoms with E-state index in [-0.39, 0.29) is 0 Å². The van der Waals surface area contributed by atoms with Gasteiger partial charge in [-0.3, -0.25) is 0 Å². The first-order valence-electron chi connectivity index (χ1n) is 0.783. The Bertz CT molecular complexity index is 49.8. The topological polar surface area (TPSA) is 0 Å². The normalized spacial score (nSPS) is 11.8. The molecule has 0 heterocycles. The quantitative estimate of drug-likeness (QED) is 0.398. The molecule has 0 bridgehead atoms. The number of rotatable bonds is 0. The van der Waals surface area contributed by atoms with Crippen LogP contribution in [0.2, 0.25) is 0 Å². The summed E-state index contributed by atoms with van der Waals surface area (Å²) in [4.78, 5) is 0. The molecular weight excluding hydrogens is 203 g/mol. The molecule has 0 saturated carbocycles. The Hall–Kier alpha value is 1.83. The van der Waals surface area contributed by atoms with Gasteiger partial charge in [-0.05, 0) is 0 Å². The molecule has 0 saturated heterocycles. The summed E-state index contributed by atoms with van der Waals surface area (Å²) in [5.41, 5.74) is 0. The molecule has 0 radical (unpaired) electrons. The fourth-order valence-corrected chi connectivity index (χ4v) is 0. The van der Waals surface area contributed by atoms with Crippen LogP contribution in [-0.2, 0) is 0 Å². The van der Waals surface area contributed by atoms with Crippen LogP contribution in [-0.4, -0.2) is 8.41 Å². The van der Waals surface area contributed by atoms with Crippen LogP contribution in [0.4, 0.5) is 0 Å². The third-order valence-electron chi connectivity index (χ3n) is 0. The molecule has 0 rings (SSSR count). The van der Waals surface area contributed by atoms with Crippen LogP contribution in [0.15, 0.2) is 0 Å². The van der Waals surface area contributed by atoms with Gasteiger partial charge in [0.1, 0.15) is 0 Å². The van der Waals surface area contributed by atoms with E-state index in [0.29, 0.717) is 0 Å². The SMILES string of the molecule is S=[As](S)(S)S. The van der Waals surface area contributed by atoms with E-state index in [1.807, 2.05) is 0 Å². The van der Waals surface area contributed by atoms with Crippen molar-refractivity contribution in [2.24, 2.45) is 0 Å². The second-order valence-electron chi connectivity index (χ2n) is 0.513. The summed E-state index contributed by atoms with van der Waals surface area (Å²) < 4.78 is 0. The van der Waals surface area contributed by atoms with Gasteiger partial charge in [-0.25, -0.2) is 0 Å². The van der Waals surface area contributed by atoms with Crippen LogP contribution in [0, 0.1) is 0 Å². The molecule has 0 aliphatic rings. The molecule has 0 amide bonds. The van der Waals surface area contributed by atoms with Crippen molar-refractivity contribution in [1.82, 2.24) is 0 Å². The van der Waals surface area contributed by atoms with Crippen LogP contribution >= 0.6 is 43.1 Å². The molecule has 0 aliphatic carbocycles. The predicted octanol–water partition coefficient (Wildman–Crippen LogP) is 1.41. The van der Waals surface area contributed by atoms with Gasteiger partial charge in [0.25, 0.3) is 0 Å². The second-order valence-corrected chi connectivity index (χ2v) is 24.0. The van der Waals surface area contributed by atoms with Crippen LogP contribution in [0.3, 0.4) is 0 Å². The van der Waals surface area contributed by atoms with E-state index in [4.69, 9.17) is 0 Å². The summed E-state index contributed by atoms with van der Waals surface area (Å²) in [5, 5.41) is 0. The van der Waals surface area contributed by atoms with E-state index in [1.165, 1.54) is 0 Å². The zero-order valence-corrected chi connectivity index (χ0v) is 7.57. The van der Waals surface area contributed by atoms with Gasteiger partial charge in [0.05, 0.1) is 0 Å². The Morgan fingerprint density at radius 2 is 1.20 bits per heavy atom. The van der Waals surface area contributed by atoms with E-state index >= 15 is 0 Å². The van der Waals surface area contributed by atoms with E-state index in [9.17, 15) is 0 Å². The first kappa shape index (κ1) is 6.83. The molecule has 5 heteroatoms. The van der Waals surface area contributed by atoms with Crippen molar-refractivity contribution >= 4 is 51.5 Å².